The van der Waals surface area contributed by atoms with Gasteiger partial charge < -0.3 is 15.4 Å². The van der Waals surface area contributed by atoms with E-state index in [0.717, 1.165) is 24.9 Å². The van der Waals surface area contributed by atoms with Crippen molar-refractivity contribution in [3.63, 3.8) is 0 Å². The van der Waals surface area contributed by atoms with Crippen molar-refractivity contribution >= 4 is 11.9 Å². The summed E-state index contributed by atoms with van der Waals surface area (Å²) in [5.41, 5.74) is 0.996. The Balaban J connectivity index is 1.85. The first-order valence-corrected chi connectivity index (χ1v) is 7.83. The van der Waals surface area contributed by atoms with E-state index in [9.17, 15) is 9.59 Å². The molecule has 22 heavy (non-hydrogen) atoms. The highest BCUT2D eigenvalue weighted by Crippen LogP contribution is 2.11. The summed E-state index contributed by atoms with van der Waals surface area (Å²) < 4.78 is 4.80. The Bertz CT molecular complexity index is 484. The van der Waals surface area contributed by atoms with Gasteiger partial charge in [-0.1, -0.05) is 30.3 Å². The lowest BCUT2D eigenvalue weighted by molar-refractivity contribution is -0.145. The normalized spacial score (nSPS) is 18.7. The van der Waals surface area contributed by atoms with Crippen molar-refractivity contribution in [2.24, 2.45) is 0 Å². The Kier molecular flexibility index (Phi) is 6.40. The molecular formula is C17H24N2O3. The summed E-state index contributed by atoms with van der Waals surface area (Å²) in [5.74, 6) is -0.503. The van der Waals surface area contributed by atoms with Crippen LogP contribution in [0.4, 0.5) is 0 Å². The number of carbonyl (C=O) groups excluding carboxylic acids is 2. The molecule has 5 nitrogen and oxygen atoms in total. The highest BCUT2D eigenvalue weighted by molar-refractivity contribution is 5.84. The highest BCUT2D eigenvalue weighted by Gasteiger charge is 2.22. The van der Waals surface area contributed by atoms with Gasteiger partial charge in [-0.3, -0.25) is 4.79 Å². The van der Waals surface area contributed by atoms with E-state index in [-0.39, 0.29) is 5.91 Å². The lowest BCUT2D eigenvalue weighted by Gasteiger charge is -2.17. The van der Waals surface area contributed by atoms with Crippen molar-refractivity contribution in [2.75, 3.05) is 13.7 Å². The highest BCUT2D eigenvalue weighted by atomic mass is 16.5. The smallest absolute Gasteiger partial charge is 0.328 e. The van der Waals surface area contributed by atoms with Crippen molar-refractivity contribution in [3.8, 4) is 0 Å². The van der Waals surface area contributed by atoms with E-state index in [0.29, 0.717) is 18.9 Å². The molecule has 0 bridgehead atoms. The van der Waals surface area contributed by atoms with Crippen LogP contribution >= 0.6 is 0 Å². The van der Waals surface area contributed by atoms with Crippen LogP contribution in [0, 0.1) is 0 Å². The number of nitrogens with one attached hydrogen (secondary N) is 2. The maximum absolute atomic E-state index is 12.1. The Morgan fingerprint density at radius 3 is 2.77 bits per heavy atom. The summed E-state index contributed by atoms with van der Waals surface area (Å²) in [4.78, 5) is 23.9. The number of ether oxygens (including phenoxy) is 1. The third kappa shape index (κ3) is 5.15. The summed E-state index contributed by atoms with van der Waals surface area (Å²) >= 11 is 0. The average Bonchev–Trinajstić information content (AvgIpc) is 3.06. The number of hydrogen-bond acceptors (Lipinski definition) is 4. The second-order valence-corrected chi connectivity index (χ2v) is 5.66. The molecule has 1 amide bonds. The second kappa shape index (κ2) is 8.54. The van der Waals surface area contributed by atoms with Crippen LogP contribution in [0.25, 0.3) is 0 Å². The van der Waals surface area contributed by atoms with Gasteiger partial charge in [0.1, 0.15) is 6.04 Å². The van der Waals surface area contributed by atoms with E-state index >= 15 is 0 Å². The second-order valence-electron chi connectivity index (χ2n) is 5.66. The molecule has 0 radical (unpaired) electrons. The van der Waals surface area contributed by atoms with Gasteiger partial charge in [0.2, 0.25) is 5.91 Å². The Labute approximate surface area is 131 Å². The molecular weight excluding hydrogens is 280 g/mol. The molecule has 0 spiro atoms. The molecule has 2 rings (SSSR count). The number of methoxy groups -OCH3 is 1. The van der Waals surface area contributed by atoms with Gasteiger partial charge in [-0.15, -0.1) is 0 Å². The molecule has 2 atom stereocenters. The van der Waals surface area contributed by atoms with E-state index in [1.54, 1.807) is 0 Å². The van der Waals surface area contributed by atoms with Gasteiger partial charge in [0.05, 0.1) is 7.11 Å². The van der Waals surface area contributed by atoms with Crippen LogP contribution in [0.2, 0.25) is 0 Å². The van der Waals surface area contributed by atoms with E-state index in [1.165, 1.54) is 13.5 Å². The predicted molar refractivity (Wildman–Crippen MR) is 84.4 cm³/mol. The maximum Gasteiger partial charge on any atom is 0.328 e. The number of hydrogen-bond donors (Lipinski definition) is 2. The van der Waals surface area contributed by atoms with Crippen LogP contribution in [0.5, 0.6) is 0 Å². The van der Waals surface area contributed by atoms with E-state index < -0.39 is 12.0 Å². The summed E-state index contributed by atoms with van der Waals surface area (Å²) in [7, 11) is 1.34. The molecule has 5 heteroatoms. The molecule has 0 saturated carbocycles. The summed E-state index contributed by atoms with van der Waals surface area (Å²) in [6.07, 6.45) is 3.98. The molecule has 1 heterocycles. The molecule has 120 valence electrons. The summed E-state index contributed by atoms with van der Waals surface area (Å²) in [5, 5.41) is 6.17. The maximum atomic E-state index is 12.1. The van der Waals surface area contributed by atoms with Crippen LogP contribution in [0.3, 0.4) is 0 Å². The molecule has 0 aromatic heterocycles. The van der Waals surface area contributed by atoms with Gasteiger partial charge in [-0.2, -0.15) is 0 Å². The quantitative estimate of drug-likeness (QED) is 0.748. The number of amides is 1. The van der Waals surface area contributed by atoms with E-state index in [1.807, 2.05) is 30.3 Å². The first-order chi connectivity index (χ1) is 10.7. The number of carbonyl (C=O) groups is 2. The number of benzene rings is 1. The van der Waals surface area contributed by atoms with Crippen LogP contribution in [0.15, 0.2) is 30.3 Å². The molecule has 1 saturated heterocycles. The van der Waals surface area contributed by atoms with Gasteiger partial charge >= 0.3 is 5.97 Å². The lowest BCUT2D eigenvalue weighted by atomic mass is 10.1. The summed E-state index contributed by atoms with van der Waals surface area (Å²) in [6.45, 7) is 1.03. The van der Waals surface area contributed by atoms with Gasteiger partial charge in [-0.05, 0) is 31.4 Å². The number of rotatable bonds is 7. The molecule has 1 aliphatic heterocycles. The van der Waals surface area contributed by atoms with Crippen LogP contribution in [0.1, 0.15) is 31.2 Å². The van der Waals surface area contributed by atoms with Crippen molar-refractivity contribution in [1.29, 1.82) is 0 Å². The SMILES string of the molecule is COC(=O)C(Cc1ccccc1)NC(=O)CCC1CCCN1. The zero-order chi connectivity index (χ0) is 15.8. The van der Waals surface area contributed by atoms with E-state index in [4.69, 9.17) is 4.74 Å². The minimum Gasteiger partial charge on any atom is -0.467 e. The molecule has 2 N–H and O–H groups in total. The topological polar surface area (TPSA) is 67.4 Å². The minimum absolute atomic E-state index is 0.0972. The van der Waals surface area contributed by atoms with Crippen molar-refractivity contribution < 1.29 is 14.3 Å². The van der Waals surface area contributed by atoms with Gasteiger partial charge in [0, 0.05) is 18.9 Å². The van der Waals surface area contributed by atoms with Crippen LogP contribution in [-0.2, 0) is 20.7 Å². The van der Waals surface area contributed by atoms with Crippen molar-refractivity contribution in [3.05, 3.63) is 35.9 Å². The molecule has 1 fully saturated rings. The van der Waals surface area contributed by atoms with Crippen molar-refractivity contribution in [1.82, 2.24) is 10.6 Å². The Morgan fingerprint density at radius 2 is 2.14 bits per heavy atom. The molecule has 1 aliphatic rings. The zero-order valence-electron chi connectivity index (χ0n) is 13.0. The standard InChI is InChI=1S/C17H24N2O3/c1-22-17(21)15(12-13-6-3-2-4-7-13)19-16(20)10-9-14-8-5-11-18-14/h2-4,6-7,14-15,18H,5,8-12H2,1H3,(H,19,20). The van der Waals surface area contributed by atoms with Crippen LogP contribution < -0.4 is 10.6 Å². The fourth-order valence-corrected chi connectivity index (χ4v) is 2.76. The fourth-order valence-electron chi connectivity index (χ4n) is 2.76. The third-order valence-electron chi connectivity index (χ3n) is 3.99. The van der Waals surface area contributed by atoms with Gasteiger partial charge in [-0.25, -0.2) is 4.79 Å². The Morgan fingerprint density at radius 1 is 1.36 bits per heavy atom. The molecule has 0 aliphatic carbocycles. The monoisotopic (exact) mass is 304 g/mol. The fraction of sp³-hybridized carbons (Fsp3) is 0.529. The first-order valence-electron chi connectivity index (χ1n) is 7.83. The van der Waals surface area contributed by atoms with Gasteiger partial charge in [0.15, 0.2) is 0 Å². The van der Waals surface area contributed by atoms with E-state index in [2.05, 4.69) is 10.6 Å². The van der Waals surface area contributed by atoms with Crippen LogP contribution in [-0.4, -0.2) is 37.6 Å². The predicted octanol–water partition coefficient (Wildman–Crippen LogP) is 1.42. The first kappa shape index (κ1) is 16.5. The van der Waals surface area contributed by atoms with Gasteiger partial charge in [0.25, 0.3) is 0 Å². The zero-order valence-corrected chi connectivity index (χ0v) is 13.0. The molecule has 1 aromatic carbocycles. The summed E-state index contributed by atoms with van der Waals surface area (Å²) in [6, 6.07) is 9.42. The number of esters is 1. The molecule has 2 unspecified atom stereocenters. The van der Waals surface area contributed by atoms with Crippen molar-refractivity contribution in [2.45, 2.75) is 44.2 Å². The minimum atomic E-state index is -0.628. The largest absolute Gasteiger partial charge is 0.467 e. The third-order valence-corrected chi connectivity index (χ3v) is 3.99. The average molecular weight is 304 g/mol. The lowest BCUT2D eigenvalue weighted by Crippen LogP contribution is -2.43. The Hall–Kier alpha value is -1.88. The molecule has 1 aromatic rings.